The summed E-state index contributed by atoms with van der Waals surface area (Å²) in [5.41, 5.74) is 2.09. The maximum Gasteiger partial charge on any atom is 0.253 e. The zero-order valence-corrected chi connectivity index (χ0v) is 15.1. The van der Waals surface area contributed by atoms with Crippen molar-refractivity contribution in [3.05, 3.63) is 45.2 Å². The molecule has 128 valence electrons. The number of ketones is 1. The zero-order chi connectivity index (χ0) is 17.9. The Morgan fingerprint density at radius 3 is 2.38 bits per heavy atom. The molecule has 0 spiro atoms. The Kier molecular flexibility index (Phi) is 5.69. The number of hydrogen-bond donors (Lipinski definition) is 1. The van der Waals surface area contributed by atoms with Crippen LogP contribution < -0.4 is 4.80 Å². The molecule has 1 aromatic carbocycles. The van der Waals surface area contributed by atoms with E-state index in [2.05, 4.69) is 4.99 Å². The molecule has 1 amide bonds. The quantitative estimate of drug-likeness (QED) is 0.841. The van der Waals surface area contributed by atoms with E-state index in [1.807, 2.05) is 11.5 Å². The molecule has 2 rings (SSSR count). The third-order valence-corrected chi connectivity index (χ3v) is 4.83. The Labute approximate surface area is 144 Å². The molecule has 0 fully saturated rings. The third-order valence-electron chi connectivity index (χ3n) is 3.55. The van der Waals surface area contributed by atoms with E-state index < -0.39 is 0 Å². The van der Waals surface area contributed by atoms with E-state index in [4.69, 9.17) is 0 Å². The number of aliphatic hydroxyl groups excluding tert-OH is 1. The fourth-order valence-electron chi connectivity index (χ4n) is 2.31. The second-order valence-electron chi connectivity index (χ2n) is 5.59. The van der Waals surface area contributed by atoms with Crippen LogP contribution in [0.5, 0.6) is 0 Å². The molecule has 0 aliphatic carbocycles. The van der Waals surface area contributed by atoms with Crippen LogP contribution >= 0.6 is 11.3 Å². The van der Waals surface area contributed by atoms with Crippen LogP contribution in [0, 0.1) is 6.92 Å². The summed E-state index contributed by atoms with van der Waals surface area (Å²) in [6.07, 6.45) is 0. The van der Waals surface area contributed by atoms with Crippen molar-refractivity contribution in [3.63, 3.8) is 0 Å². The fraction of sp³-hybridized carbons (Fsp3) is 0.353. The molecule has 1 aromatic heterocycles. The van der Waals surface area contributed by atoms with Gasteiger partial charge in [0.2, 0.25) is 0 Å². The van der Waals surface area contributed by atoms with E-state index in [0.717, 1.165) is 5.69 Å². The normalized spacial score (nSPS) is 11.6. The highest BCUT2D eigenvalue weighted by Crippen LogP contribution is 2.17. The molecule has 0 radical (unpaired) electrons. The largest absolute Gasteiger partial charge is 0.395 e. The minimum Gasteiger partial charge on any atom is -0.395 e. The summed E-state index contributed by atoms with van der Waals surface area (Å²) in [5, 5.41) is 9.25. The van der Waals surface area contributed by atoms with Gasteiger partial charge in [0, 0.05) is 38.8 Å². The van der Waals surface area contributed by atoms with E-state index in [-0.39, 0.29) is 18.3 Å². The Hall–Kier alpha value is -2.25. The SMILES string of the molecule is CC(=O)c1sc(=Nc2ccc(C(=O)N(C)C)cc2)n(CCO)c1C. The van der Waals surface area contributed by atoms with Gasteiger partial charge in [0.25, 0.3) is 5.91 Å². The molecule has 6 nitrogen and oxygen atoms in total. The summed E-state index contributed by atoms with van der Waals surface area (Å²) in [5.74, 6) is -0.0831. The first-order chi connectivity index (χ1) is 11.3. The number of aliphatic hydroxyl groups is 1. The first-order valence-electron chi connectivity index (χ1n) is 7.53. The molecule has 2 aromatic rings. The minimum atomic E-state index is -0.0669. The van der Waals surface area contributed by atoms with Gasteiger partial charge in [-0.2, -0.15) is 0 Å². The van der Waals surface area contributed by atoms with E-state index in [1.165, 1.54) is 23.2 Å². The molecule has 0 aliphatic heterocycles. The van der Waals surface area contributed by atoms with Crippen LogP contribution in [0.2, 0.25) is 0 Å². The zero-order valence-electron chi connectivity index (χ0n) is 14.2. The van der Waals surface area contributed by atoms with Crippen molar-refractivity contribution in [1.82, 2.24) is 9.47 Å². The Morgan fingerprint density at radius 1 is 1.25 bits per heavy atom. The van der Waals surface area contributed by atoms with Gasteiger partial charge in [0.15, 0.2) is 10.6 Å². The van der Waals surface area contributed by atoms with Crippen molar-refractivity contribution in [3.8, 4) is 0 Å². The number of hydrogen-bond acceptors (Lipinski definition) is 5. The number of rotatable bonds is 5. The second kappa shape index (κ2) is 7.55. The van der Waals surface area contributed by atoms with Gasteiger partial charge < -0.3 is 14.6 Å². The molecule has 0 unspecified atom stereocenters. The molecule has 7 heteroatoms. The van der Waals surface area contributed by atoms with Crippen LogP contribution in [-0.2, 0) is 6.54 Å². The number of amides is 1. The molecule has 0 bridgehead atoms. The summed E-state index contributed by atoms with van der Waals surface area (Å²) >= 11 is 1.30. The predicted octanol–water partition coefficient (Wildman–Crippen LogP) is 1.99. The molecule has 24 heavy (non-hydrogen) atoms. The van der Waals surface area contributed by atoms with Crippen LogP contribution in [0.1, 0.15) is 32.6 Å². The molecular formula is C17H21N3O3S. The van der Waals surface area contributed by atoms with Gasteiger partial charge in [-0.3, -0.25) is 9.59 Å². The van der Waals surface area contributed by atoms with Crippen molar-refractivity contribution < 1.29 is 14.7 Å². The Bertz CT molecular complexity index is 817. The number of benzene rings is 1. The summed E-state index contributed by atoms with van der Waals surface area (Å²) in [6, 6.07) is 6.98. The lowest BCUT2D eigenvalue weighted by atomic mass is 10.2. The van der Waals surface area contributed by atoms with Gasteiger partial charge >= 0.3 is 0 Å². The molecular weight excluding hydrogens is 326 g/mol. The molecule has 0 aliphatic rings. The predicted molar refractivity (Wildman–Crippen MR) is 93.8 cm³/mol. The highest BCUT2D eigenvalue weighted by atomic mass is 32.1. The van der Waals surface area contributed by atoms with Gasteiger partial charge in [-0.15, -0.1) is 0 Å². The molecule has 1 N–H and O–H groups in total. The first-order valence-corrected chi connectivity index (χ1v) is 8.35. The van der Waals surface area contributed by atoms with Crippen molar-refractivity contribution in [1.29, 1.82) is 0 Å². The number of thiazole rings is 1. The van der Waals surface area contributed by atoms with Crippen molar-refractivity contribution in [2.45, 2.75) is 20.4 Å². The molecule has 0 saturated heterocycles. The maximum atomic E-state index is 11.9. The van der Waals surface area contributed by atoms with Gasteiger partial charge in [-0.25, -0.2) is 4.99 Å². The Morgan fingerprint density at radius 2 is 1.88 bits per heavy atom. The van der Waals surface area contributed by atoms with Gasteiger partial charge in [-0.05, 0) is 31.2 Å². The summed E-state index contributed by atoms with van der Waals surface area (Å²) < 4.78 is 1.83. The van der Waals surface area contributed by atoms with Crippen molar-refractivity contribution in [2.24, 2.45) is 4.99 Å². The number of carbonyl (C=O) groups is 2. The van der Waals surface area contributed by atoms with E-state index >= 15 is 0 Å². The highest BCUT2D eigenvalue weighted by Gasteiger charge is 2.13. The van der Waals surface area contributed by atoms with Crippen LogP contribution in [0.25, 0.3) is 0 Å². The maximum absolute atomic E-state index is 11.9. The van der Waals surface area contributed by atoms with E-state index in [1.54, 1.807) is 38.4 Å². The number of aromatic nitrogens is 1. The van der Waals surface area contributed by atoms with Crippen LogP contribution in [0.4, 0.5) is 5.69 Å². The number of Topliss-reactive ketones (excluding diaryl/α,β-unsaturated/α-hetero) is 1. The lowest BCUT2D eigenvalue weighted by molar-refractivity contribution is 0.0827. The molecule has 1 heterocycles. The van der Waals surface area contributed by atoms with Crippen molar-refractivity contribution in [2.75, 3.05) is 20.7 Å². The van der Waals surface area contributed by atoms with Crippen LogP contribution in [0.15, 0.2) is 29.3 Å². The lowest BCUT2D eigenvalue weighted by Crippen LogP contribution is -2.21. The van der Waals surface area contributed by atoms with Gasteiger partial charge in [0.1, 0.15) is 0 Å². The third kappa shape index (κ3) is 3.80. The smallest absolute Gasteiger partial charge is 0.253 e. The highest BCUT2D eigenvalue weighted by molar-refractivity contribution is 7.11. The first kappa shape index (κ1) is 18.1. The summed E-state index contributed by atoms with van der Waals surface area (Å²) in [6.45, 7) is 3.72. The average Bonchev–Trinajstić information content (AvgIpc) is 2.85. The average molecular weight is 347 g/mol. The van der Waals surface area contributed by atoms with Gasteiger partial charge in [-0.1, -0.05) is 11.3 Å². The summed E-state index contributed by atoms with van der Waals surface area (Å²) in [4.78, 5) is 31.0. The number of nitrogens with zero attached hydrogens (tertiary/aromatic N) is 3. The van der Waals surface area contributed by atoms with E-state index in [0.29, 0.717) is 27.5 Å². The van der Waals surface area contributed by atoms with Crippen molar-refractivity contribution >= 4 is 28.7 Å². The standard InChI is InChI=1S/C17H21N3O3S/c1-11-15(12(2)22)24-17(20(11)9-10-21)18-14-7-5-13(6-8-14)16(23)19(3)4/h5-8,21H,9-10H2,1-4H3. The molecule has 0 saturated carbocycles. The minimum absolute atomic E-state index is 0.0161. The van der Waals surface area contributed by atoms with Crippen LogP contribution in [0.3, 0.4) is 0 Å². The van der Waals surface area contributed by atoms with Crippen LogP contribution in [-0.4, -0.2) is 47.0 Å². The number of carbonyl (C=O) groups excluding carboxylic acids is 2. The fourth-order valence-corrected chi connectivity index (χ4v) is 3.38. The summed E-state index contributed by atoms with van der Waals surface area (Å²) in [7, 11) is 3.41. The lowest BCUT2D eigenvalue weighted by Gasteiger charge is -2.09. The molecule has 0 atom stereocenters. The topological polar surface area (TPSA) is 74.9 Å². The van der Waals surface area contributed by atoms with Gasteiger partial charge in [0.05, 0.1) is 17.2 Å². The second-order valence-corrected chi connectivity index (χ2v) is 6.57. The Balaban J connectivity index is 2.45. The van der Waals surface area contributed by atoms with E-state index in [9.17, 15) is 14.7 Å². The monoisotopic (exact) mass is 347 g/mol.